The van der Waals surface area contributed by atoms with Crippen LogP contribution in [-0.2, 0) is 18.4 Å². The summed E-state index contributed by atoms with van der Waals surface area (Å²) in [5.41, 5.74) is 9.81. The molecule has 1 atom stereocenters. The molecule has 104 valence electrons. The van der Waals surface area contributed by atoms with Gasteiger partial charge in [0.25, 0.3) is 0 Å². The van der Waals surface area contributed by atoms with Gasteiger partial charge in [-0.3, -0.25) is 4.98 Å². The number of aromatic nitrogens is 1. The molecule has 0 bridgehead atoms. The molecule has 1 heterocycles. The lowest BCUT2D eigenvalue weighted by Gasteiger charge is -2.28. The molecular formula is C17H19FN2. The first-order chi connectivity index (χ1) is 9.59. The van der Waals surface area contributed by atoms with Gasteiger partial charge in [0.2, 0.25) is 0 Å². The highest BCUT2D eigenvalue weighted by Gasteiger charge is 2.27. The number of rotatable bonds is 2. The van der Waals surface area contributed by atoms with Crippen LogP contribution < -0.4 is 5.73 Å². The molecule has 1 unspecified atom stereocenters. The van der Waals surface area contributed by atoms with E-state index in [1.807, 2.05) is 13.0 Å². The zero-order valence-electron chi connectivity index (χ0n) is 11.7. The second-order valence-electron chi connectivity index (χ2n) is 5.75. The Labute approximate surface area is 118 Å². The molecular weight excluding hydrogens is 251 g/mol. The Hall–Kier alpha value is -1.74. The Morgan fingerprint density at radius 2 is 1.90 bits per heavy atom. The molecule has 3 heteroatoms. The monoisotopic (exact) mass is 270 g/mol. The fourth-order valence-electron chi connectivity index (χ4n) is 3.01. The van der Waals surface area contributed by atoms with Crippen LogP contribution in [-0.4, -0.2) is 4.98 Å². The molecule has 1 aromatic heterocycles. The van der Waals surface area contributed by atoms with Crippen LogP contribution in [0.3, 0.4) is 0 Å². The number of hydrogen-bond donors (Lipinski definition) is 1. The summed E-state index contributed by atoms with van der Waals surface area (Å²) < 4.78 is 14.0. The summed E-state index contributed by atoms with van der Waals surface area (Å²) in [5, 5.41) is 0. The van der Waals surface area contributed by atoms with Gasteiger partial charge in [0.1, 0.15) is 5.82 Å². The van der Waals surface area contributed by atoms with Crippen molar-refractivity contribution in [2.75, 3.05) is 0 Å². The number of nitrogens with zero attached hydrogens (tertiary/aromatic N) is 1. The van der Waals surface area contributed by atoms with Crippen molar-refractivity contribution in [2.24, 2.45) is 5.73 Å². The summed E-state index contributed by atoms with van der Waals surface area (Å²) >= 11 is 0. The lowest BCUT2D eigenvalue weighted by Crippen LogP contribution is -2.35. The SMILES string of the molecule is CC(N)(c1ccc2c(c1)CCCC2)c1ccncc1F. The molecule has 0 spiro atoms. The average molecular weight is 270 g/mol. The quantitative estimate of drug-likeness (QED) is 0.909. The van der Waals surface area contributed by atoms with E-state index < -0.39 is 5.54 Å². The molecule has 3 rings (SSSR count). The predicted molar refractivity (Wildman–Crippen MR) is 77.9 cm³/mol. The third-order valence-corrected chi connectivity index (χ3v) is 4.28. The maximum Gasteiger partial charge on any atom is 0.146 e. The first-order valence-corrected chi connectivity index (χ1v) is 7.10. The van der Waals surface area contributed by atoms with Gasteiger partial charge >= 0.3 is 0 Å². The fraction of sp³-hybridized carbons (Fsp3) is 0.353. The maximum atomic E-state index is 14.0. The van der Waals surface area contributed by atoms with E-state index in [4.69, 9.17) is 5.73 Å². The number of halogens is 1. The molecule has 1 aliphatic rings. The van der Waals surface area contributed by atoms with Gasteiger partial charge in [0, 0.05) is 11.8 Å². The van der Waals surface area contributed by atoms with E-state index in [1.54, 1.807) is 12.3 Å². The Morgan fingerprint density at radius 3 is 2.65 bits per heavy atom. The Balaban J connectivity index is 2.05. The van der Waals surface area contributed by atoms with E-state index in [2.05, 4.69) is 17.1 Å². The summed E-state index contributed by atoms with van der Waals surface area (Å²) in [6.45, 7) is 1.86. The molecule has 0 radical (unpaired) electrons. The molecule has 0 aliphatic heterocycles. The number of pyridine rings is 1. The van der Waals surface area contributed by atoms with Gasteiger partial charge in [0.15, 0.2) is 0 Å². The fourth-order valence-corrected chi connectivity index (χ4v) is 3.01. The van der Waals surface area contributed by atoms with Crippen LogP contribution in [0, 0.1) is 5.82 Å². The second kappa shape index (κ2) is 4.98. The van der Waals surface area contributed by atoms with E-state index >= 15 is 0 Å². The smallest absolute Gasteiger partial charge is 0.146 e. The summed E-state index contributed by atoms with van der Waals surface area (Å²) in [4.78, 5) is 3.79. The highest BCUT2D eigenvalue weighted by molar-refractivity contribution is 5.42. The average Bonchev–Trinajstić information content (AvgIpc) is 2.47. The van der Waals surface area contributed by atoms with E-state index in [-0.39, 0.29) is 5.82 Å². The Morgan fingerprint density at radius 1 is 1.15 bits per heavy atom. The van der Waals surface area contributed by atoms with Crippen molar-refractivity contribution in [3.8, 4) is 0 Å². The molecule has 1 aliphatic carbocycles. The Bertz CT molecular complexity index is 635. The molecule has 2 nitrogen and oxygen atoms in total. The summed E-state index contributed by atoms with van der Waals surface area (Å²) in [6, 6.07) is 7.99. The number of nitrogens with two attached hydrogens (primary N) is 1. The van der Waals surface area contributed by atoms with Crippen molar-refractivity contribution in [3.63, 3.8) is 0 Å². The van der Waals surface area contributed by atoms with Gasteiger partial charge in [-0.15, -0.1) is 0 Å². The van der Waals surface area contributed by atoms with Gasteiger partial charge in [-0.2, -0.15) is 0 Å². The van der Waals surface area contributed by atoms with Crippen LogP contribution in [0.15, 0.2) is 36.7 Å². The van der Waals surface area contributed by atoms with Gasteiger partial charge in [-0.05, 0) is 55.4 Å². The van der Waals surface area contributed by atoms with Crippen LogP contribution >= 0.6 is 0 Å². The lowest BCUT2D eigenvalue weighted by atomic mass is 9.82. The van der Waals surface area contributed by atoms with Gasteiger partial charge in [-0.25, -0.2) is 4.39 Å². The predicted octanol–water partition coefficient (Wildman–Crippen LogP) is 3.32. The molecule has 0 fully saturated rings. The third-order valence-electron chi connectivity index (χ3n) is 4.28. The second-order valence-corrected chi connectivity index (χ2v) is 5.75. The summed E-state index contributed by atoms with van der Waals surface area (Å²) in [7, 11) is 0. The van der Waals surface area contributed by atoms with Crippen molar-refractivity contribution < 1.29 is 4.39 Å². The standard InChI is InChI=1S/C17H19FN2/c1-17(19,15-8-9-20-11-16(15)18)14-7-6-12-4-2-3-5-13(12)10-14/h6-11H,2-5,19H2,1H3. The van der Waals surface area contributed by atoms with Gasteiger partial charge in [-0.1, -0.05) is 18.2 Å². The van der Waals surface area contributed by atoms with Crippen LogP contribution in [0.1, 0.15) is 42.0 Å². The molecule has 0 saturated heterocycles. The largest absolute Gasteiger partial charge is 0.318 e. The van der Waals surface area contributed by atoms with E-state index in [0.29, 0.717) is 5.56 Å². The van der Waals surface area contributed by atoms with Crippen LogP contribution in [0.5, 0.6) is 0 Å². The molecule has 2 N–H and O–H groups in total. The minimum absolute atomic E-state index is 0.352. The van der Waals surface area contributed by atoms with E-state index in [9.17, 15) is 4.39 Å². The number of fused-ring (bicyclic) bond motifs is 1. The summed E-state index contributed by atoms with van der Waals surface area (Å²) in [5.74, 6) is -0.352. The Kier molecular flexibility index (Phi) is 3.30. The van der Waals surface area contributed by atoms with E-state index in [0.717, 1.165) is 18.4 Å². The van der Waals surface area contributed by atoms with Crippen LogP contribution in [0.4, 0.5) is 4.39 Å². The van der Waals surface area contributed by atoms with Crippen molar-refractivity contribution in [2.45, 2.75) is 38.1 Å². The zero-order chi connectivity index (χ0) is 14.2. The van der Waals surface area contributed by atoms with Crippen LogP contribution in [0.25, 0.3) is 0 Å². The van der Waals surface area contributed by atoms with Gasteiger partial charge in [0.05, 0.1) is 11.7 Å². The van der Waals surface area contributed by atoms with Crippen molar-refractivity contribution in [3.05, 3.63) is 64.7 Å². The molecule has 20 heavy (non-hydrogen) atoms. The minimum Gasteiger partial charge on any atom is -0.318 e. The highest BCUT2D eigenvalue weighted by atomic mass is 19.1. The first-order valence-electron chi connectivity index (χ1n) is 7.10. The normalized spacial score (nSPS) is 17.4. The first kappa shape index (κ1) is 13.3. The van der Waals surface area contributed by atoms with E-state index in [1.165, 1.54) is 30.2 Å². The summed E-state index contributed by atoms with van der Waals surface area (Å²) in [6.07, 6.45) is 7.52. The van der Waals surface area contributed by atoms with Gasteiger partial charge < -0.3 is 5.73 Å². The number of aryl methyl sites for hydroxylation is 2. The molecule has 2 aromatic rings. The minimum atomic E-state index is -0.834. The number of benzene rings is 1. The lowest BCUT2D eigenvalue weighted by molar-refractivity contribution is 0.525. The topological polar surface area (TPSA) is 38.9 Å². The van der Waals surface area contributed by atoms with Crippen molar-refractivity contribution in [1.82, 2.24) is 4.98 Å². The maximum absolute atomic E-state index is 14.0. The molecule has 0 amide bonds. The van der Waals surface area contributed by atoms with Crippen molar-refractivity contribution >= 4 is 0 Å². The van der Waals surface area contributed by atoms with Crippen LogP contribution in [0.2, 0.25) is 0 Å². The zero-order valence-corrected chi connectivity index (χ0v) is 11.7. The molecule has 1 aromatic carbocycles. The highest BCUT2D eigenvalue weighted by Crippen LogP contribution is 2.31. The van der Waals surface area contributed by atoms with Crippen molar-refractivity contribution in [1.29, 1.82) is 0 Å². The third kappa shape index (κ3) is 2.22. The number of hydrogen-bond acceptors (Lipinski definition) is 2. The molecule has 0 saturated carbocycles.